The third-order valence-electron chi connectivity index (χ3n) is 3.67. The van der Waals surface area contributed by atoms with Gasteiger partial charge in [0, 0.05) is 44.3 Å². The molecule has 4 nitrogen and oxygen atoms in total. The van der Waals surface area contributed by atoms with E-state index in [1.165, 1.54) is 12.1 Å². The predicted molar refractivity (Wildman–Crippen MR) is 86.0 cm³/mol. The van der Waals surface area contributed by atoms with Crippen LogP contribution in [0.3, 0.4) is 0 Å². The fourth-order valence-electron chi connectivity index (χ4n) is 2.49. The van der Waals surface area contributed by atoms with Crippen LogP contribution >= 0.6 is 12.4 Å². The minimum absolute atomic E-state index is 0. The second-order valence-corrected chi connectivity index (χ2v) is 5.00. The Morgan fingerprint density at radius 3 is 2.32 bits per heavy atom. The molecular weight excluding hydrogens is 305 g/mol. The van der Waals surface area contributed by atoms with Gasteiger partial charge < -0.3 is 9.80 Å². The Kier molecular flexibility index (Phi) is 5.33. The number of hydrogen-bond donors (Lipinski definition) is 0. The van der Waals surface area contributed by atoms with Crippen LogP contribution in [0.25, 0.3) is 0 Å². The zero-order valence-electron chi connectivity index (χ0n) is 12.0. The Morgan fingerprint density at radius 2 is 1.73 bits per heavy atom. The molecule has 0 bridgehead atoms. The van der Waals surface area contributed by atoms with E-state index in [1.54, 1.807) is 36.7 Å². The molecular formula is C16H17ClFN3O. The molecule has 3 rings (SSSR count). The predicted octanol–water partition coefficient (Wildman–Crippen LogP) is 2.60. The van der Waals surface area contributed by atoms with Gasteiger partial charge >= 0.3 is 0 Å². The molecule has 0 radical (unpaired) electrons. The normalized spacial score (nSPS) is 14.4. The average Bonchev–Trinajstić information content (AvgIpc) is 2.56. The highest BCUT2D eigenvalue weighted by Gasteiger charge is 2.22. The largest absolute Gasteiger partial charge is 0.368 e. The van der Waals surface area contributed by atoms with Crippen LogP contribution in [0.15, 0.2) is 48.8 Å². The molecule has 116 valence electrons. The van der Waals surface area contributed by atoms with Crippen LogP contribution in [-0.2, 0) is 0 Å². The third kappa shape index (κ3) is 3.54. The zero-order valence-corrected chi connectivity index (χ0v) is 12.8. The van der Waals surface area contributed by atoms with Crippen LogP contribution in [-0.4, -0.2) is 42.0 Å². The van der Waals surface area contributed by atoms with E-state index >= 15 is 0 Å². The monoisotopic (exact) mass is 321 g/mol. The first-order valence-electron chi connectivity index (χ1n) is 6.94. The molecule has 0 saturated carbocycles. The van der Waals surface area contributed by atoms with Crippen molar-refractivity contribution in [3.05, 3.63) is 60.2 Å². The minimum atomic E-state index is -0.232. The molecule has 2 aromatic rings. The van der Waals surface area contributed by atoms with Crippen molar-refractivity contribution >= 4 is 24.0 Å². The molecule has 0 spiro atoms. The highest BCUT2D eigenvalue weighted by molar-refractivity contribution is 5.94. The van der Waals surface area contributed by atoms with Crippen molar-refractivity contribution in [3.63, 3.8) is 0 Å². The maximum Gasteiger partial charge on any atom is 0.255 e. The molecule has 0 N–H and O–H groups in total. The second kappa shape index (κ2) is 7.22. The van der Waals surface area contributed by atoms with Gasteiger partial charge in [0.15, 0.2) is 0 Å². The Labute approximate surface area is 135 Å². The first kappa shape index (κ1) is 16.2. The number of benzene rings is 1. The van der Waals surface area contributed by atoms with E-state index in [2.05, 4.69) is 9.88 Å². The number of hydrogen-bond acceptors (Lipinski definition) is 3. The molecule has 1 aliphatic heterocycles. The number of rotatable bonds is 2. The van der Waals surface area contributed by atoms with Crippen molar-refractivity contribution in [3.8, 4) is 0 Å². The molecule has 1 aromatic carbocycles. The lowest BCUT2D eigenvalue weighted by Crippen LogP contribution is -2.48. The quantitative estimate of drug-likeness (QED) is 0.853. The molecule has 1 aliphatic rings. The van der Waals surface area contributed by atoms with E-state index in [1.807, 2.05) is 4.90 Å². The van der Waals surface area contributed by atoms with Gasteiger partial charge in [-0.05, 0) is 36.4 Å². The van der Waals surface area contributed by atoms with Gasteiger partial charge in [-0.15, -0.1) is 12.4 Å². The van der Waals surface area contributed by atoms with E-state index in [0.29, 0.717) is 18.7 Å². The second-order valence-electron chi connectivity index (χ2n) is 5.00. The van der Waals surface area contributed by atoms with Crippen molar-refractivity contribution in [2.24, 2.45) is 0 Å². The number of nitrogens with zero attached hydrogens (tertiary/aromatic N) is 3. The molecule has 0 atom stereocenters. The summed E-state index contributed by atoms with van der Waals surface area (Å²) in [6, 6.07) is 10.0. The number of pyridine rings is 1. The van der Waals surface area contributed by atoms with Gasteiger partial charge in [-0.25, -0.2) is 4.39 Å². The van der Waals surface area contributed by atoms with Gasteiger partial charge in [0.1, 0.15) is 5.82 Å². The van der Waals surface area contributed by atoms with E-state index < -0.39 is 0 Å². The van der Waals surface area contributed by atoms with Crippen molar-refractivity contribution in [2.45, 2.75) is 0 Å². The third-order valence-corrected chi connectivity index (χ3v) is 3.67. The highest BCUT2D eigenvalue weighted by Crippen LogP contribution is 2.17. The summed E-state index contributed by atoms with van der Waals surface area (Å²) in [7, 11) is 0. The summed E-state index contributed by atoms with van der Waals surface area (Å²) < 4.78 is 12.9. The van der Waals surface area contributed by atoms with Crippen LogP contribution in [0.1, 0.15) is 10.4 Å². The summed E-state index contributed by atoms with van der Waals surface area (Å²) in [5.41, 5.74) is 1.61. The lowest BCUT2D eigenvalue weighted by atomic mass is 10.2. The van der Waals surface area contributed by atoms with Crippen molar-refractivity contribution in [1.82, 2.24) is 9.88 Å². The summed E-state index contributed by atoms with van der Waals surface area (Å²) in [5.74, 6) is -0.217. The topological polar surface area (TPSA) is 36.4 Å². The van der Waals surface area contributed by atoms with Gasteiger partial charge in [-0.1, -0.05) is 0 Å². The van der Waals surface area contributed by atoms with Crippen LogP contribution in [0.2, 0.25) is 0 Å². The van der Waals surface area contributed by atoms with E-state index in [-0.39, 0.29) is 24.1 Å². The summed E-state index contributed by atoms with van der Waals surface area (Å²) in [6.07, 6.45) is 3.25. The molecule has 1 saturated heterocycles. The lowest BCUT2D eigenvalue weighted by Gasteiger charge is -2.36. The molecule has 22 heavy (non-hydrogen) atoms. The van der Waals surface area contributed by atoms with Gasteiger partial charge in [-0.2, -0.15) is 0 Å². The molecule has 2 heterocycles. The van der Waals surface area contributed by atoms with E-state index in [4.69, 9.17) is 0 Å². The average molecular weight is 322 g/mol. The maximum atomic E-state index is 12.9. The first-order valence-corrected chi connectivity index (χ1v) is 6.94. The number of piperazine rings is 1. The SMILES string of the molecule is Cl.O=C(c1cccnc1)N1CCN(c2ccc(F)cc2)CC1. The fraction of sp³-hybridized carbons (Fsp3) is 0.250. The van der Waals surface area contributed by atoms with Gasteiger partial charge in [-0.3, -0.25) is 9.78 Å². The van der Waals surface area contributed by atoms with Crippen LogP contribution < -0.4 is 4.90 Å². The lowest BCUT2D eigenvalue weighted by molar-refractivity contribution is 0.0746. The van der Waals surface area contributed by atoms with E-state index in [0.717, 1.165) is 18.8 Å². The number of anilines is 1. The Morgan fingerprint density at radius 1 is 1.05 bits per heavy atom. The number of carbonyl (C=O) groups excluding carboxylic acids is 1. The smallest absolute Gasteiger partial charge is 0.255 e. The number of halogens is 2. The standard InChI is InChI=1S/C16H16FN3O.ClH/c17-14-3-5-15(6-4-14)19-8-10-20(11-9-19)16(21)13-2-1-7-18-12-13;/h1-7,12H,8-11H2;1H. The Hall–Kier alpha value is -2.14. The van der Waals surface area contributed by atoms with Crippen LogP contribution in [0, 0.1) is 5.82 Å². The van der Waals surface area contributed by atoms with Gasteiger partial charge in [0.2, 0.25) is 0 Å². The molecule has 1 fully saturated rings. The molecule has 1 amide bonds. The fourth-order valence-corrected chi connectivity index (χ4v) is 2.49. The Balaban J connectivity index is 0.00000176. The van der Waals surface area contributed by atoms with Crippen LogP contribution in [0.4, 0.5) is 10.1 Å². The Bertz CT molecular complexity index is 613. The van der Waals surface area contributed by atoms with E-state index in [9.17, 15) is 9.18 Å². The molecule has 0 unspecified atom stereocenters. The van der Waals surface area contributed by atoms with Gasteiger partial charge in [0.05, 0.1) is 5.56 Å². The van der Waals surface area contributed by atoms with Crippen molar-refractivity contribution < 1.29 is 9.18 Å². The summed E-state index contributed by atoms with van der Waals surface area (Å²) in [5, 5.41) is 0. The summed E-state index contributed by atoms with van der Waals surface area (Å²) in [4.78, 5) is 20.3. The minimum Gasteiger partial charge on any atom is -0.368 e. The summed E-state index contributed by atoms with van der Waals surface area (Å²) in [6.45, 7) is 2.81. The van der Waals surface area contributed by atoms with Crippen molar-refractivity contribution in [2.75, 3.05) is 31.1 Å². The summed E-state index contributed by atoms with van der Waals surface area (Å²) >= 11 is 0. The maximum absolute atomic E-state index is 12.9. The molecule has 6 heteroatoms. The van der Waals surface area contributed by atoms with Crippen LogP contribution in [0.5, 0.6) is 0 Å². The van der Waals surface area contributed by atoms with Gasteiger partial charge in [0.25, 0.3) is 5.91 Å². The highest BCUT2D eigenvalue weighted by atomic mass is 35.5. The number of carbonyl (C=O) groups is 1. The first-order chi connectivity index (χ1) is 10.2. The number of amides is 1. The van der Waals surface area contributed by atoms with Crippen molar-refractivity contribution in [1.29, 1.82) is 0 Å². The molecule has 0 aliphatic carbocycles. The zero-order chi connectivity index (χ0) is 14.7. The number of aromatic nitrogens is 1. The molecule has 1 aromatic heterocycles.